The molecule has 1 aliphatic heterocycles. The summed E-state index contributed by atoms with van der Waals surface area (Å²) in [5.41, 5.74) is 4.73. The van der Waals surface area contributed by atoms with Crippen LogP contribution < -0.4 is 10.5 Å². The molecule has 7 heteroatoms. The Bertz CT molecular complexity index is 940. The summed E-state index contributed by atoms with van der Waals surface area (Å²) >= 11 is 0. The van der Waals surface area contributed by atoms with Crippen molar-refractivity contribution in [3.63, 3.8) is 0 Å². The van der Waals surface area contributed by atoms with Crippen LogP contribution in [0.25, 0.3) is 0 Å². The van der Waals surface area contributed by atoms with Gasteiger partial charge in [-0.05, 0) is 31.2 Å². The lowest BCUT2D eigenvalue weighted by Gasteiger charge is -2.38. The van der Waals surface area contributed by atoms with Gasteiger partial charge in [0.15, 0.2) is 0 Å². The van der Waals surface area contributed by atoms with E-state index in [-0.39, 0.29) is 17.4 Å². The van der Waals surface area contributed by atoms with E-state index < -0.39 is 17.0 Å². The second-order valence-corrected chi connectivity index (χ2v) is 8.26. The first-order valence-corrected chi connectivity index (χ1v) is 9.95. The fourth-order valence-electron chi connectivity index (χ4n) is 3.35. The number of carbonyl (C=O) groups is 1. The van der Waals surface area contributed by atoms with Gasteiger partial charge in [0.2, 0.25) is 11.6 Å². The number of halogens is 1. The molecule has 0 fully saturated rings. The smallest absolute Gasteiger partial charge is 0.251 e. The third-order valence-corrected chi connectivity index (χ3v) is 4.98. The van der Waals surface area contributed by atoms with E-state index in [1.165, 1.54) is 30.3 Å². The third-order valence-electron chi connectivity index (χ3n) is 4.98. The molecule has 0 saturated carbocycles. The number of hydrogen-bond acceptors (Lipinski definition) is 5. The number of benzene rings is 2. The van der Waals surface area contributed by atoms with E-state index in [0.717, 1.165) is 5.56 Å². The van der Waals surface area contributed by atoms with Crippen LogP contribution in [0.1, 0.15) is 44.7 Å². The molecule has 30 heavy (non-hydrogen) atoms. The Morgan fingerprint density at radius 1 is 1.23 bits per heavy atom. The summed E-state index contributed by atoms with van der Waals surface area (Å²) in [7, 11) is 1.50. The highest BCUT2D eigenvalue weighted by molar-refractivity contribution is 5.98. The molecule has 0 bridgehead atoms. The summed E-state index contributed by atoms with van der Waals surface area (Å²) in [6.07, 6.45) is 1.00. The molecule has 1 atom stereocenters. The zero-order chi connectivity index (χ0) is 21.9. The van der Waals surface area contributed by atoms with Crippen molar-refractivity contribution in [3.8, 4) is 5.75 Å². The molecule has 0 aliphatic carbocycles. The Balaban J connectivity index is 2.18. The van der Waals surface area contributed by atoms with Gasteiger partial charge in [0.1, 0.15) is 11.6 Å². The largest absolute Gasteiger partial charge is 0.497 e. The predicted octanol–water partition coefficient (Wildman–Crippen LogP) is 3.99. The molecule has 0 radical (unpaired) electrons. The lowest BCUT2D eigenvalue weighted by molar-refractivity contribution is -0.161. The van der Waals surface area contributed by atoms with Crippen molar-refractivity contribution in [3.05, 3.63) is 65.5 Å². The van der Waals surface area contributed by atoms with Crippen LogP contribution in [0.5, 0.6) is 5.75 Å². The monoisotopic (exact) mass is 413 g/mol. The molecule has 3 rings (SSSR count). The molecule has 160 valence electrons. The molecule has 1 heterocycles. The van der Waals surface area contributed by atoms with Gasteiger partial charge in [-0.3, -0.25) is 4.79 Å². The van der Waals surface area contributed by atoms with E-state index in [1.54, 1.807) is 0 Å². The number of hydrazone groups is 1. The molecule has 1 aliphatic rings. The fourth-order valence-corrected chi connectivity index (χ4v) is 3.35. The van der Waals surface area contributed by atoms with Crippen LogP contribution in [-0.4, -0.2) is 30.5 Å². The molecule has 0 saturated heterocycles. The van der Waals surface area contributed by atoms with E-state index in [4.69, 9.17) is 15.2 Å². The summed E-state index contributed by atoms with van der Waals surface area (Å²) in [6, 6.07) is 13.7. The van der Waals surface area contributed by atoms with E-state index in [2.05, 4.69) is 5.10 Å². The molecule has 6 nitrogen and oxygen atoms in total. The lowest BCUT2D eigenvalue weighted by Crippen LogP contribution is -2.49. The molecule has 2 N–H and O–H groups in total. The predicted molar refractivity (Wildman–Crippen MR) is 113 cm³/mol. The number of nitrogens with zero attached hydrogens (tertiary/aromatic N) is 2. The van der Waals surface area contributed by atoms with E-state index in [0.29, 0.717) is 25.1 Å². The second-order valence-electron chi connectivity index (χ2n) is 8.26. The number of nitrogens with two attached hydrogens (primary N) is 1. The van der Waals surface area contributed by atoms with Crippen molar-refractivity contribution in [2.75, 3.05) is 13.7 Å². The summed E-state index contributed by atoms with van der Waals surface area (Å²) in [5, 5.41) is 5.84. The topological polar surface area (TPSA) is 77.2 Å². The highest BCUT2D eigenvalue weighted by Crippen LogP contribution is 2.43. The molecular formula is C23H28FN3O3. The van der Waals surface area contributed by atoms with Gasteiger partial charge in [0.25, 0.3) is 5.91 Å². The fraction of sp³-hybridized carbons (Fsp3) is 0.391. The van der Waals surface area contributed by atoms with Gasteiger partial charge in [-0.1, -0.05) is 51.1 Å². The van der Waals surface area contributed by atoms with Crippen LogP contribution in [0, 0.1) is 11.2 Å². The summed E-state index contributed by atoms with van der Waals surface area (Å²) in [6.45, 7) is 5.85. The van der Waals surface area contributed by atoms with E-state index >= 15 is 0 Å². The molecule has 1 amide bonds. The highest BCUT2D eigenvalue weighted by Gasteiger charge is 2.51. The molecule has 0 spiro atoms. The average Bonchev–Trinajstić information content (AvgIpc) is 3.12. The maximum atomic E-state index is 14.7. The molecular weight excluding hydrogens is 385 g/mol. The number of carbonyl (C=O) groups excluding carboxylic acids is 1. The van der Waals surface area contributed by atoms with Crippen molar-refractivity contribution in [2.24, 2.45) is 16.3 Å². The SMILES string of the molecule is COc1ccc(F)c(C2=NN(C(=O)C(C)(C)C)C(CCCN)(c3ccccc3)O2)c1. The van der Waals surface area contributed by atoms with Gasteiger partial charge in [0, 0.05) is 17.4 Å². The Kier molecular flexibility index (Phi) is 6.12. The minimum atomic E-state index is -1.21. The van der Waals surface area contributed by atoms with Crippen LogP contribution in [0.3, 0.4) is 0 Å². The number of rotatable bonds is 6. The number of hydrogen-bond donors (Lipinski definition) is 1. The van der Waals surface area contributed by atoms with Gasteiger partial charge >= 0.3 is 0 Å². The van der Waals surface area contributed by atoms with Gasteiger partial charge < -0.3 is 15.2 Å². The van der Waals surface area contributed by atoms with Crippen LogP contribution in [0.4, 0.5) is 4.39 Å². The maximum absolute atomic E-state index is 14.7. The minimum absolute atomic E-state index is 0.0323. The minimum Gasteiger partial charge on any atom is -0.497 e. The molecule has 2 aromatic carbocycles. The van der Waals surface area contributed by atoms with E-state index in [9.17, 15) is 9.18 Å². The zero-order valence-corrected chi connectivity index (χ0v) is 17.8. The average molecular weight is 413 g/mol. The quantitative estimate of drug-likeness (QED) is 0.777. The van der Waals surface area contributed by atoms with Crippen molar-refractivity contribution >= 4 is 11.8 Å². The zero-order valence-electron chi connectivity index (χ0n) is 17.8. The van der Waals surface area contributed by atoms with Crippen molar-refractivity contribution in [1.29, 1.82) is 0 Å². The summed E-state index contributed by atoms with van der Waals surface area (Å²) in [4.78, 5) is 13.4. The summed E-state index contributed by atoms with van der Waals surface area (Å²) in [5.74, 6) is -0.252. The Labute approximate surface area is 176 Å². The van der Waals surface area contributed by atoms with Gasteiger partial charge in [-0.2, -0.15) is 5.01 Å². The van der Waals surface area contributed by atoms with Crippen molar-refractivity contribution in [1.82, 2.24) is 5.01 Å². The van der Waals surface area contributed by atoms with Gasteiger partial charge in [0.05, 0.1) is 12.7 Å². The Morgan fingerprint density at radius 2 is 1.93 bits per heavy atom. The summed E-state index contributed by atoms with van der Waals surface area (Å²) < 4.78 is 26.2. The molecule has 1 unspecified atom stereocenters. The number of amides is 1. The Morgan fingerprint density at radius 3 is 2.53 bits per heavy atom. The van der Waals surface area contributed by atoms with Crippen LogP contribution in [0.2, 0.25) is 0 Å². The van der Waals surface area contributed by atoms with Crippen molar-refractivity contribution < 1.29 is 18.7 Å². The van der Waals surface area contributed by atoms with Crippen LogP contribution >= 0.6 is 0 Å². The maximum Gasteiger partial charge on any atom is 0.251 e. The second kappa shape index (κ2) is 8.44. The first-order valence-electron chi connectivity index (χ1n) is 9.95. The Hall–Kier alpha value is -2.93. The molecule has 0 aromatic heterocycles. The lowest BCUT2D eigenvalue weighted by atomic mass is 9.91. The van der Waals surface area contributed by atoms with Gasteiger partial charge in [-0.15, -0.1) is 5.10 Å². The van der Waals surface area contributed by atoms with Gasteiger partial charge in [-0.25, -0.2) is 4.39 Å². The third kappa shape index (κ3) is 4.03. The molecule has 2 aromatic rings. The first-order chi connectivity index (χ1) is 14.2. The van der Waals surface area contributed by atoms with Crippen LogP contribution in [0.15, 0.2) is 53.6 Å². The van der Waals surface area contributed by atoms with Crippen molar-refractivity contribution in [2.45, 2.75) is 39.3 Å². The number of methoxy groups -OCH3 is 1. The normalized spacial score (nSPS) is 18.7. The van der Waals surface area contributed by atoms with Crippen LogP contribution in [-0.2, 0) is 15.3 Å². The number of ether oxygens (including phenoxy) is 2. The standard InChI is InChI=1S/C23H28FN3O3/c1-22(2,3)21(28)27-23(13-8-14-25,16-9-6-5-7-10-16)30-20(26-27)18-15-17(29-4)11-12-19(18)24/h5-7,9-12,15H,8,13-14,25H2,1-4H3. The van der Waals surface area contributed by atoms with E-state index in [1.807, 2.05) is 51.1 Å². The first kappa shape index (κ1) is 21.8. The highest BCUT2D eigenvalue weighted by atomic mass is 19.1.